The van der Waals surface area contributed by atoms with Crippen molar-refractivity contribution >= 4 is 21.7 Å². The Bertz CT molecular complexity index is 386. The first-order valence-electron chi connectivity index (χ1n) is 6.14. The van der Waals surface area contributed by atoms with E-state index >= 15 is 0 Å². The summed E-state index contributed by atoms with van der Waals surface area (Å²) < 4.78 is 0.804. The van der Waals surface area contributed by atoms with Crippen LogP contribution in [0, 0.1) is 5.92 Å². The fraction of sp³-hybridized carbons (Fsp3) is 0.667. The smallest absolute Gasteiger partial charge is 0.131 e. The number of rotatable bonds is 4. The minimum absolute atomic E-state index is 0.154. The van der Waals surface area contributed by atoms with Crippen molar-refractivity contribution in [3.05, 3.63) is 16.5 Å². The van der Waals surface area contributed by atoms with Gasteiger partial charge in [-0.15, -0.1) is 0 Å². The van der Waals surface area contributed by atoms with Gasteiger partial charge in [-0.1, -0.05) is 13.3 Å². The molecule has 4 nitrogen and oxygen atoms in total. The van der Waals surface area contributed by atoms with Gasteiger partial charge in [-0.2, -0.15) is 0 Å². The van der Waals surface area contributed by atoms with E-state index in [-0.39, 0.29) is 6.10 Å². The Morgan fingerprint density at radius 2 is 2.29 bits per heavy atom. The maximum Gasteiger partial charge on any atom is 0.131 e. The van der Waals surface area contributed by atoms with Crippen molar-refractivity contribution in [3.8, 4) is 0 Å². The van der Waals surface area contributed by atoms with Gasteiger partial charge in [0.25, 0.3) is 0 Å². The molecule has 0 aliphatic heterocycles. The number of aryl methyl sites for hydroxylation is 1. The van der Waals surface area contributed by atoms with Crippen LogP contribution < -0.4 is 5.32 Å². The molecule has 2 atom stereocenters. The molecule has 1 heterocycles. The predicted molar refractivity (Wildman–Crippen MR) is 70.9 cm³/mol. The number of hydrogen-bond acceptors (Lipinski definition) is 4. The second-order valence-electron chi connectivity index (χ2n) is 4.48. The molecule has 0 saturated heterocycles. The van der Waals surface area contributed by atoms with E-state index < -0.39 is 0 Å². The monoisotopic (exact) mass is 299 g/mol. The molecule has 5 heteroatoms. The molecule has 1 fully saturated rings. The SMILES string of the molecule is CCc1nc(Br)cc(NCC2CCCC2O)n1. The van der Waals surface area contributed by atoms with Crippen LogP contribution in [0.15, 0.2) is 10.7 Å². The van der Waals surface area contributed by atoms with Crippen LogP contribution in [0.1, 0.15) is 32.0 Å². The zero-order valence-corrected chi connectivity index (χ0v) is 11.6. The number of aromatic nitrogens is 2. The fourth-order valence-corrected chi connectivity index (χ4v) is 2.63. The third-order valence-electron chi connectivity index (χ3n) is 3.22. The summed E-state index contributed by atoms with van der Waals surface area (Å²) >= 11 is 3.38. The van der Waals surface area contributed by atoms with E-state index in [1.165, 1.54) is 0 Å². The van der Waals surface area contributed by atoms with Gasteiger partial charge < -0.3 is 10.4 Å². The minimum atomic E-state index is -0.154. The molecular formula is C12H18BrN3O. The van der Waals surface area contributed by atoms with E-state index in [1.807, 2.05) is 13.0 Å². The average Bonchev–Trinajstić information content (AvgIpc) is 2.71. The van der Waals surface area contributed by atoms with Crippen LogP contribution >= 0.6 is 15.9 Å². The topological polar surface area (TPSA) is 58.0 Å². The van der Waals surface area contributed by atoms with Gasteiger partial charge in [0.15, 0.2) is 0 Å². The molecule has 0 spiro atoms. The van der Waals surface area contributed by atoms with Crippen molar-refractivity contribution < 1.29 is 5.11 Å². The maximum atomic E-state index is 9.74. The van der Waals surface area contributed by atoms with E-state index in [2.05, 4.69) is 31.2 Å². The van der Waals surface area contributed by atoms with Crippen LogP contribution in [0.2, 0.25) is 0 Å². The van der Waals surface area contributed by atoms with Crippen LogP contribution in [-0.2, 0) is 6.42 Å². The van der Waals surface area contributed by atoms with Crippen LogP contribution in [0.25, 0.3) is 0 Å². The standard InChI is InChI=1S/C12H18BrN3O/c1-2-11-15-10(13)6-12(16-11)14-7-8-4-3-5-9(8)17/h6,8-9,17H,2-5,7H2,1H3,(H,14,15,16). The molecule has 2 unspecified atom stereocenters. The number of halogens is 1. The van der Waals surface area contributed by atoms with Gasteiger partial charge in [-0.25, -0.2) is 9.97 Å². The number of nitrogens with zero attached hydrogens (tertiary/aromatic N) is 2. The van der Waals surface area contributed by atoms with Gasteiger partial charge in [0.1, 0.15) is 16.2 Å². The lowest BCUT2D eigenvalue weighted by Crippen LogP contribution is -2.22. The highest BCUT2D eigenvalue weighted by Gasteiger charge is 2.24. The molecule has 1 aromatic heterocycles. The van der Waals surface area contributed by atoms with Gasteiger partial charge in [0.05, 0.1) is 6.10 Å². The first-order chi connectivity index (χ1) is 8.19. The number of aliphatic hydroxyl groups is 1. The lowest BCUT2D eigenvalue weighted by Gasteiger charge is -2.15. The average molecular weight is 300 g/mol. The molecule has 2 rings (SSSR count). The number of hydrogen-bond donors (Lipinski definition) is 2. The third kappa shape index (κ3) is 3.39. The first kappa shape index (κ1) is 12.8. The molecular weight excluding hydrogens is 282 g/mol. The highest BCUT2D eigenvalue weighted by Crippen LogP contribution is 2.25. The highest BCUT2D eigenvalue weighted by molar-refractivity contribution is 9.10. The van der Waals surface area contributed by atoms with Gasteiger partial charge in [0.2, 0.25) is 0 Å². The van der Waals surface area contributed by atoms with Crippen molar-refractivity contribution in [1.29, 1.82) is 0 Å². The Labute approximate surface area is 110 Å². The molecule has 94 valence electrons. The molecule has 0 amide bonds. The van der Waals surface area contributed by atoms with Crippen LogP contribution in [-0.4, -0.2) is 27.7 Å². The number of aliphatic hydroxyl groups excluding tert-OH is 1. The summed E-state index contributed by atoms with van der Waals surface area (Å²) in [5.41, 5.74) is 0. The molecule has 0 aromatic carbocycles. The summed E-state index contributed by atoms with van der Waals surface area (Å²) in [4.78, 5) is 8.67. The second-order valence-corrected chi connectivity index (χ2v) is 5.30. The fourth-order valence-electron chi connectivity index (χ4n) is 2.20. The van der Waals surface area contributed by atoms with Crippen molar-refractivity contribution in [1.82, 2.24) is 9.97 Å². The van der Waals surface area contributed by atoms with E-state index in [4.69, 9.17) is 0 Å². The van der Waals surface area contributed by atoms with Crippen molar-refractivity contribution in [2.75, 3.05) is 11.9 Å². The molecule has 1 aliphatic rings. The zero-order chi connectivity index (χ0) is 12.3. The third-order valence-corrected chi connectivity index (χ3v) is 3.63. The van der Waals surface area contributed by atoms with Crippen molar-refractivity contribution in [2.45, 2.75) is 38.7 Å². The van der Waals surface area contributed by atoms with Gasteiger partial charge >= 0.3 is 0 Å². The molecule has 0 bridgehead atoms. The molecule has 17 heavy (non-hydrogen) atoms. The summed E-state index contributed by atoms with van der Waals surface area (Å²) in [6.07, 6.45) is 3.82. The number of nitrogens with one attached hydrogen (secondary N) is 1. The Morgan fingerprint density at radius 3 is 2.94 bits per heavy atom. The molecule has 0 radical (unpaired) electrons. The Morgan fingerprint density at radius 1 is 1.47 bits per heavy atom. The van der Waals surface area contributed by atoms with Crippen molar-refractivity contribution in [2.24, 2.45) is 5.92 Å². The number of anilines is 1. The molecule has 1 aliphatic carbocycles. The van der Waals surface area contributed by atoms with E-state index in [0.717, 1.165) is 48.5 Å². The van der Waals surface area contributed by atoms with Gasteiger partial charge in [-0.3, -0.25) is 0 Å². The summed E-state index contributed by atoms with van der Waals surface area (Å²) in [6, 6.07) is 1.88. The lowest BCUT2D eigenvalue weighted by molar-refractivity contribution is 0.138. The summed E-state index contributed by atoms with van der Waals surface area (Å²) in [5.74, 6) is 2.02. The van der Waals surface area contributed by atoms with Gasteiger partial charge in [0, 0.05) is 24.9 Å². The van der Waals surface area contributed by atoms with E-state index in [1.54, 1.807) is 0 Å². The summed E-state index contributed by atoms with van der Waals surface area (Å²) in [5, 5.41) is 13.0. The second kappa shape index (κ2) is 5.78. The first-order valence-corrected chi connectivity index (χ1v) is 6.93. The molecule has 1 aromatic rings. The summed E-state index contributed by atoms with van der Waals surface area (Å²) in [6.45, 7) is 2.82. The van der Waals surface area contributed by atoms with Gasteiger partial charge in [-0.05, 0) is 28.8 Å². The quantitative estimate of drug-likeness (QED) is 0.838. The molecule has 1 saturated carbocycles. The summed E-state index contributed by atoms with van der Waals surface area (Å²) in [7, 11) is 0. The Balaban J connectivity index is 1.96. The Hall–Kier alpha value is -0.680. The molecule has 2 N–H and O–H groups in total. The minimum Gasteiger partial charge on any atom is -0.393 e. The predicted octanol–water partition coefficient (Wildman–Crippen LogP) is 2.37. The highest BCUT2D eigenvalue weighted by atomic mass is 79.9. The van der Waals surface area contributed by atoms with E-state index in [9.17, 15) is 5.11 Å². The van der Waals surface area contributed by atoms with Crippen LogP contribution in [0.5, 0.6) is 0 Å². The maximum absolute atomic E-state index is 9.74. The van der Waals surface area contributed by atoms with Crippen LogP contribution in [0.4, 0.5) is 5.82 Å². The normalized spacial score (nSPS) is 23.9. The van der Waals surface area contributed by atoms with E-state index in [0.29, 0.717) is 5.92 Å². The zero-order valence-electron chi connectivity index (χ0n) is 9.99. The largest absolute Gasteiger partial charge is 0.393 e. The van der Waals surface area contributed by atoms with Crippen LogP contribution in [0.3, 0.4) is 0 Å². The lowest BCUT2D eigenvalue weighted by atomic mass is 10.1. The van der Waals surface area contributed by atoms with Crippen molar-refractivity contribution in [3.63, 3.8) is 0 Å². The Kier molecular flexibility index (Phi) is 4.34.